The Morgan fingerprint density at radius 1 is 1.41 bits per heavy atom. The van der Waals surface area contributed by atoms with E-state index in [0.29, 0.717) is 11.3 Å². The van der Waals surface area contributed by atoms with E-state index in [-0.39, 0.29) is 0 Å². The van der Waals surface area contributed by atoms with Crippen LogP contribution in [0.1, 0.15) is 65.7 Å². The quantitative estimate of drug-likeness (QED) is 0.452. The van der Waals surface area contributed by atoms with Crippen LogP contribution in [-0.4, -0.2) is 10.7 Å². The maximum absolute atomic E-state index is 10.2. The monoisotopic (exact) mass is 414 g/mol. The molecule has 2 saturated carbocycles. The molecule has 0 aromatic heterocycles. The van der Waals surface area contributed by atoms with Gasteiger partial charge in [0.05, 0.1) is 5.60 Å². The second-order valence-electron chi connectivity index (χ2n) is 8.67. The maximum Gasteiger partial charge on any atom is 0.0805 e. The molecule has 1 unspecified atom stereocenters. The number of allylic oxidation sites excluding steroid dienone is 2. The molecule has 2 heteroatoms. The molecule has 0 aromatic rings. The zero-order valence-corrected chi connectivity index (χ0v) is 16.5. The third-order valence-electron chi connectivity index (χ3n) is 6.94. The van der Waals surface area contributed by atoms with Crippen LogP contribution in [0.3, 0.4) is 0 Å². The summed E-state index contributed by atoms with van der Waals surface area (Å²) in [5.74, 6) is 3.05. The van der Waals surface area contributed by atoms with Gasteiger partial charge in [-0.2, -0.15) is 0 Å². The van der Waals surface area contributed by atoms with E-state index < -0.39 is 5.60 Å². The molecule has 3 rings (SSSR count). The molecule has 0 aliphatic heterocycles. The Kier molecular flexibility index (Phi) is 4.82. The normalized spacial score (nSPS) is 47.9. The maximum atomic E-state index is 10.2. The molecule has 0 radical (unpaired) electrons. The summed E-state index contributed by atoms with van der Waals surface area (Å²) in [7, 11) is 0. The molecule has 1 N–H and O–H groups in total. The minimum Gasteiger partial charge on any atom is -0.386 e. The second-order valence-corrected chi connectivity index (χ2v) is 9.30. The molecule has 6 atom stereocenters. The Morgan fingerprint density at radius 2 is 2.18 bits per heavy atom. The van der Waals surface area contributed by atoms with E-state index in [9.17, 15) is 5.11 Å². The predicted molar refractivity (Wildman–Crippen MR) is 102 cm³/mol. The molecule has 0 aromatic carbocycles. The third-order valence-corrected chi connectivity index (χ3v) is 7.74. The first kappa shape index (κ1) is 17.0. The van der Waals surface area contributed by atoms with Crippen molar-refractivity contribution in [2.24, 2.45) is 29.1 Å². The van der Waals surface area contributed by atoms with Crippen molar-refractivity contribution in [2.75, 3.05) is 0 Å². The molecule has 1 nitrogen and oxygen atoms in total. The summed E-state index contributed by atoms with van der Waals surface area (Å²) in [6.45, 7) is 6.99. The molecule has 124 valence electrons. The van der Waals surface area contributed by atoms with Gasteiger partial charge in [-0.3, -0.25) is 0 Å². The van der Waals surface area contributed by atoms with Crippen LogP contribution >= 0.6 is 22.6 Å². The van der Waals surface area contributed by atoms with Gasteiger partial charge in [-0.15, -0.1) is 0 Å². The van der Waals surface area contributed by atoms with Crippen LogP contribution in [0.5, 0.6) is 0 Å². The highest BCUT2D eigenvalue weighted by Gasteiger charge is 2.50. The summed E-state index contributed by atoms with van der Waals surface area (Å²) >= 11 is 2.46. The number of aliphatic hydroxyl groups is 1. The largest absolute Gasteiger partial charge is 0.386 e. The molecule has 0 bridgehead atoms. The van der Waals surface area contributed by atoms with E-state index in [1.807, 2.05) is 13.0 Å². The van der Waals surface area contributed by atoms with Gasteiger partial charge in [-0.1, -0.05) is 54.2 Å². The summed E-state index contributed by atoms with van der Waals surface area (Å²) in [5.41, 5.74) is 1.70. The van der Waals surface area contributed by atoms with Gasteiger partial charge in [-0.25, -0.2) is 0 Å². The van der Waals surface area contributed by atoms with Gasteiger partial charge >= 0.3 is 0 Å². The molecule has 2 fully saturated rings. The highest BCUT2D eigenvalue weighted by atomic mass is 127. The number of rotatable bonds is 3. The molecule has 0 saturated heterocycles. The van der Waals surface area contributed by atoms with Crippen molar-refractivity contribution >= 4 is 22.6 Å². The van der Waals surface area contributed by atoms with Crippen LogP contribution in [-0.2, 0) is 0 Å². The first-order valence-electron chi connectivity index (χ1n) is 9.06. The Bertz CT molecular complexity index is 478. The van der Waals surface area contributed by atoms with Crippen LogP contribution in [0.15, 0.2) is 21.8 Å². The van der Waals surface area contributed by atoms with Crippen LogP contribution in [0.2, 0.25) is 0 Å². The van der Waals surface area contributed by atoms with Crippen molar-refractivity contribution in [2.45, 2.75) is 71.3 Å². The summed E-state index contributed by atoms with van der Waals surface area (Å²) < 4.78 is 2.38. The molecule has 3 aliphatic carbocycles. The fourth-order valence-electron chi connectivity index (χ4n) is 5.96. The number of hydrogen-bond donors (Lipinski definition) is 1. The van der Waals surface area contributed by atoms with Crippen LogP contribution in [0.25, 0.3) is 0 Å². The average Bonchev–Trinajstić information content (AvgIpc) is 2.97. The van der Waals surface area contributed by atoms with E-state index in [0.717, 1.165) is 24.2 Å². The Hall–Kier alpha value is 0.170. The van der Waals surface area contributed by atoms with Gasteiger partial charge in [0.15, 0.2) is 0 Å². The van der Waals surface area contributed by atoms with Gasteiger partial charge in [0.2, 0.25) is 0 Å². The Morgan fingerprint density at radius 3 is 2.82 bits per heavy atom. The minimum atomic E-state index is -0.561. The molecular weight excluding hydrogens is 383 g/mol. The predicted octanol–water partition coefficient (Wildman–Crippen LogP) is 5.88. The Labute approximate surface area is 149 Å². The van der Waals surface area contributed by atoms with Gasteiger partial charge in [-0.05, 0) is 85.0 Å². The SMILES string of the molecule is C[C@H](C[C@@H]1C=C[C@](C)(O)C1)[C@H]1CCC2/C(=C/I)CCC[C@@]21C. The summed E-state index contributed by atoms with van der Waals surface area (Å²) in [6, 6.07) is 0. The zero-order chi connectivity index (χ0) is 16.0. The first-order valence-corrected chi connectivity index (χ1v) is 10.3. The van der Waals surface area contributed by atoms with E-state index >= 15 is 0 Å². The highest BCUT2D eigenvalue weighted by molar-refractivity contribution is 14.1. The lowest BCUT2D eigenvalue weighted by Crippen LogP contribution is -2.36. The molecule has 22 heavy (non-hydrogen) atoms. The standard InChI is InChI=1S/C20H31IO/c1-14(11-15-8-10-19(2,22)12-15)17-6-7-18-16(13-21)5-4-9-20(17,18)3/h8,10,13-15,17-18,22H,4-7,9,11-12H2,1-3H3/b16-13+/t14-,15+,17-,18?,19+,20-/m1/s1. The molecule has 0 amide bonds. The summed E-state index contributed by atoms with van der Waals surface area (Å²) in [6.07, 6.45) is 13.4. The van der Waals surface area contributed by atoms with Gasteiger partial charge < -0.3 is 5.11 Å². The van der Waals surface area contributed by atoms with Gasteiger partial charge in [0.1, 0.15) is 0 Å². The number of hydrogen-bond acceptors (Lipinski definition) is 1. The van der Waals surface area contributed by atoms with E-state index in [1.165, 1.54) is 38.5 Å². The highest BCUT2D eigenvalue weighted by Crippen LogP contribution is 2.60. The van der Waals surface area contributed by atoms with E-state index in [4.69, 9.17) is 0 Å². The van der Waals surface area contributed by atoms with Crippen molar-refractivity contribution in [3.63, 3.8) is 0 Å². The van der Waals surface area contributed by atoms with Crippen LogP contribution in [0, 0.1) is 29.1 Å². The third kappa shape index (κ3) is 3.07. The van der Waals surface area contributed by atoms with E-state index in [2.05, 4.69) is 46.6 Å². The summed E-state index contributed by atoms with van der Waals surface area (Å²) in [5, 5.41) is 10.2. The zero-order valence-electron chi connectivity index (χ0n) is 14.3. The van der Waals surface area contributed by atoms with Gasteiger partial charge in [0, 0.05) is 0 Å². The smallest absolute Gasteiger partial charge is 0.0805 e. The Balaban J connectivity index is 1.69. The minimum absolute atomic E-state index is 0.527. The van der Waals surface area contributed by atoms with Crippen molar-refractivity contribution in [1.29, 1.82) is 0 Å². The van der Waals surface area contributed by atoms with Crippen LogP contribution < -0.4 is 0 Å². The van der Waals surface area contributed by atoms with E-state index in [1.54, 1.807) is 5.57 Å². The molecular formula is C20H31IO. The lowest BCUT2D eigenvalue weighted by molar-refractivity contribution is 0.0756. The van der Waals surface area contributed by atoms with Crippen molar-refractivity contribution in [1.82, 2.24) is 0 Å². The van der Waals surface area contributed by atoms with Gasteiger partial charge in [0.25, 0.3) is 0 Å². The number of fused-ring (bicyclic) bond motifs is 1. The first-order chi connectivity index (χ1) is 10.4. The summed E-state index contributed by atoms with van der Waals surface area (Å²) in [4.78, 5) is 0. The van der Waals surface area contributed by atoms with Crippen LogP contribution in [0.4, 0.5) is 0 Å². The lowest BCUT2D eigenvalue weighted by atomic mass is 9.61. The fourth-order valence-corrected chi connectivity index (χ4v) is 6.70. The fraction of sp³-hybridized carbons (Fsp3) is 0.800. The molecule has 3 aliphatic rings. The molecule has 0 spiro atoms. The van der Waals surface area contributed by atoms with Crippen molar-refractivity contribution < 1.29 is 5.11 Å². The van der Waals surface area contributed by atoms with Crippen molar-refractivity contribution in [3.8, 4) is 0 Å². The molecule has 0 heterocycles. The lowest BCUT2D eigenvalue weighted by Gasteiger charge is -2.44. The average molecular weight is 414 g/mol. The second kappa shape index (κ2) is 6.23. The van der Waals surface area contributed by atoms with Crippen molar-refractivity contribution in [3.05, 3.63) is 21.8 Å². The number of halogens is 1. The topological polar surface area (TPSA) is 20.2 Å².